The van der Waals surface area contributed by atoms with E-state index in [1.54, 1.807) is 35.1 Å². The number of aliphatic hydroxyl groups is 1. The van der Waals surface area contributed by atoms with E-state index in [-0.39, 0.29) is 0 Å². The highest BCUT2D eigenvalue weighted by Gasteiger charge is 2.38. The Morgan fingerprint density at radius 3 is 2.43 bits per heavy atom. The van der Waals surface area contributed by atoms with Gasteiger partial charge >= 0.3 is 0 Å². The summed E-state index contributed by atoms with van der Waals surface area (Å²) in [6, 6.07) is 19.7. The molecule has 1 aliphatic rings. The molecule has 10 heteroatoms. The molecule has 0 saturated heterocycles. The van der Waals surface area contributed by atoms with Crippen molar-refractivity contribution in [3.63, 3.8) is 0 Å². The average Bonchev–Trinajstić information content (AvgIpc) is 3.14. The van der Waals surface area contributed by atoms with Gasteiger partial charge in [0.05, 0.1) is 10.6 Å². The molecule has 2 N–H and O–H groups in total. The molecular formula is C27H18F2N2O5S. The Morgan fingerprint density at radius 2 is 1.68 bits per heavy atom. The Balaban J connectivity index is 1.47. The molecule has 1 heterocycles. The number of aliphatic hydroxyl groups excluding tert-OH is 1. The topological polar surface area (TPSA) is 104 Å². The fraction of sp³-hybridized carbons (Fsp3) is 0.0370. The van der Waals surface area contributed by atoms with E-state index in [0.717, 1.165) is 22.9 Å². The molecule has 1 atom stereocenters. The number of rotatable bonds is 5. The van der Waals surface area contributed by atoms with Crippen LogP contribution in [0.25, 0.3) is 16.8 Å². The lowest BCUT2D eigenvalue weighted by Crippen LogP contribution is -2.29. The largest absolute Gasteiger partial charge is 0.378 e. The van der Waals surface area contributed by atoms with Crippen molar-refractivity contribution in [3.8, 4) is 0 Å². The molecule has 0 aromatic heterocycles. The SMILES string of the molecule is O=C(/C=C/c1cccc2c1N(c1ccc3ccccc3c1)C(=O)C2O)NS(=O)(=O)c1ccc(F)c(F)c1. The minimum Gasteiger partial charge on any atom is -0.378 e. The van der Waals surface area contributed by atoms with Crippen LogP contribution in [0, 0.1) is 11.6 Å². The molecule has 0 spiro atoms. The van der Waals surface area contributed by atoms with E-state index in [1.165, 1.54) is 11.0 Å². The molecule has 0 bridgehead atoms. The van der Waals surface area contributed by atoms with Gasteiger partial charge in [0, 0.05) is 17.3 Å². The smallest absolute Gasteiger partial charge is 0.265 e. The predicted molar refractivity (Wildman–Crippen MR) is 133 cm³/mol. The lowest BCUT2D eigenvalue weighted by molar-refractivity contribution is -0.125. The van der Waals surface area contributed by atoms with Gasteiger partial charge in [0.25, 0.3) is 21.8 Å². The van der Waals surface area contributed by atoms with Crippen LogP contribution in [0.15, 0.2) is 89.8 Å². The second kappa shape index (κ2) is 9.23. The monoisotopic (exact) mass is 520 g/mol. The number of anilines is 2. The minimum atomic E-state index is -4.47. The third-order valence-electron chi connectivity index (χ3n) is 5.91. The second-order valence-corrected chi connectivity index (χ2v) is 9.95. The standard InChI is InChI=1S/C27H18F2N2O5S/c28-22-12-11-20(15-23(22)29)37(35,36)30-24(32)13-9-17-6-3-7-21-25(17)31(27(34)26(21)33)19-10-8-16-4-1-2-5-18(16)14-19/h1-15,26,33H,(H,30,32)/b13-9+. The summed E-state index contributed by atoms with van der Waals surface area (Å²) >= 11 is 0. The zero-order valence-corrected chi connectivity index (χ0v) is 19.7. The number of carbonyl (C=O) groups is 2. The predicted octanol–water partition coefficient (Wildman–Crippen LogP) is 4.35. The van der Waals surface area contributed by atoms with E-state index in [4.69, 9.17) is 0 Å². The Hall–Kier alpha value is -4.41. The number of sulfonamides is 1. The van der Waals surface area contributed by atoms with Crippen LogP contribution in [0.5, 0.6) is 0 Å². The fourth-order valence-corrected chi connectivity index (χ4v) is 5.12. The summed E-state index contributed by atoms with van der Waals surface area (Å²) < 4.78 is 53.1. The number of benzene rings is 4. The third-order valence-corrected chi connectivity index (χ3v) is 7.26. The van der Waals surface area contributed by atoms with Crippen LogP contribution >= 0.6 is 0 Å². The number of nitrogens with zero attached hydrogens (tertiary/aromatic N) is 1. The first-order valence-corrected chi connectivity index (χ1v) is 12.5. The van der Waals surface area contributed by atoms with E-state index in [0.29, 0.717) is 34.6 Å². The van der Waals surface area contributed by atoms with Gasteiger partial charge in [-0.3, -0.25) is 14.5 Å². The maximum absolute atomic E-state index is 13.5. The maximum Gasteiger partial charge on any atom is 0.265 e. The van der Waals surface area contributed by atoms with Crippen molar-refractivity contribution >= 4 is 50.1 Å². The summed E-state index contributed by atoms with van der Waals surface area (Å²) in [6.07, 6.45) is 0.812. The average molecular weight is 521 g/mol. The molecule has 0 saturated carbocycles. The number of fused-ring (bicyclic) bond motifs is 2. The van der Waals surface area contributed by atoms with Crippen molar-refractivity contribution in [1.82, 2.24) is 4.72 Å². The van der Waals surface area contributed by atoms with Crippen LogP contribution in [0.4, 0.5) is 20.2 Å². The molecule has 186 valence electrons. The van der Waals surface area contributed by atoms with E-state index in [1.807, 2.05) is 30.3 Å². The van der Waals surface area contributed by atoms with Gasteiger partial charge in [-0.2, -0.15) is 0 Å². The Bertz CT molecular complexity index is 1720. The molecular weight excluding hydrogens is 502 g/mol. The molecule has 7 nitrogen and oxygen atoms in total. The number of nitrogens with one attached hydrogen (secondary N) is 1. The van der Waals surface area contributed by atoms with Crippen molar-refractivity contribution in [2.75, 3.05) is 4.90 Å². The summed E-state index contributed by atoms with van der Waals surface area (Å²) in [6.45, 7) is 0. The normalized spacial score (nSPS) is 15.4. The molecule has 4 aromatic rings. The van der Waals surface area contributed by atoms with Gasteiger partial charge in [-0.05, 0) is 52.7 Å². The Kier molecular flexibility index (Phi) is 6.06. The highest BCUT2D eigenvalue weighted by atomic mass is 32.2. The highest BCUT2D eigenvalue weighted by Crippen LogP contribution is 2.44. The quantitative estimate of drug-likeness (QED) is 0.381. The van der Waals surface area contributed by atoms with Crippen molar-refractivity contribution in [3.05, 3.63) is 108 Å². The second-order valence-electron chi connectivity index (χ2n) is 8.27. The first-order chi connectivity index (χ1) is 17.7. The van der Waals surface area contributed by atoms with Crippen LogP contribution in [0.3, 0.4) is 0 Å². The minimum absolute atomic E-state index is 0.329. The van der Waals surface area contributed by atoms with E-state index in [9.17, 15) is 31.9 Å². The molecule has 1 unspecified atom stereocenters. The number of para-hydroxylation sites is 1. The summed E-state index contributed by atoms with van der Waals surface area (Å²) in [7, 11) is -4.47. The van der Waals surface area contributed by atoms with Gasteiger partial charge in [0.15, 0.2) is 17.7 Å². The van der Waals surface area contributed by atoms with Gasteiger partial charge in [-0.25, -0.2) is 21.9 Å². The molecule has 0 fully saturated rings. The van der Waals surface area contributed by atoms with Gasteiger partial charge in [-0.1, -0.05) is 48.5 Å². The number of halogens is 2. The van der Waals surface area contributed by atoms with Crippen LogP contribution < -0.4 is 9.62 Å². The lowest BCUT2D eigenvalue weighted by Gasteiger charge is -2.20. The van der Waals surface area contributed by atoms with E-state index in [2.05, 4.69) is 0 Å². The van der Waals surface area contributed by atoms with Gasteiger partial charge in [0.1, 0.15) is 0 Å². The van der Waals surface area contributed by atoms with Gasteiger partial charge in [-0.15, -0.1) is 0 Å². The molecule has 0 radical (unpaired) electrons. The maximum atomic E-state index is 13.5. The lowest BCUT2D eigenvalue weighted by atomic mass is 10.0. The van der Waals surface area contributed by atoms with Crippen molar-refractivity contribution in [2.24, 2.45) is 0 Å². The van der Waals surface area contributed by atoms with E-state index < -0.39 is 44.5 Å². The Morgan fingerprint density at radius 1 is 0.919 bits per heavy atom. The summed E-state index contributed by atoms with van der Waals surface area (Å²) in [5.74, 6) is -4.22. The van der Waals surface area contributed by atoms with Crippen molar-refractivity contribution < 1.29 is 31.9 Å². The van der Waals surface area contributed by atoms with Crippen LogP contribution in [-0.4, -0.2) is 25.3 Å². The first-order valence-electron chi connectivity index (χ1n) is 11.0. The zero-order chi connectivity index (χ0) is 26.3. The Labute approximate surface area is 210 Å². The number of hydrogen-bond acceptors (Lipinski definition) is 5. The van der Waals surface area contributed by atoms with Crippen LogP contribution in [0.1, 0.15) is 17.2 Å². The van der Waals surface area contributed by atoms with Gasteiger partial charge < -0.3 is 5.11 Å². The highest BCUT2D eigenvalue weighted by molar-refractivity contribution is 7.90. The summed E-state index contributed by atoms with van der Waals surface area (Å²) in [4.78, 5) is 26.2. The third kappa shape index (κ3) is 4.48. The summed E-state index contributed by atoms with van der Waals surface area (Å²) in [5.41, 5.74) is 1.56. The van der Waals surface area contributed by atoms with Crippen LogP contribution in [0.2, 0.25) is 0 Å². The molecule has 5 rings (SSSR count). The molecule has 0 aliphatic carbocycles. The van der Waals surface area contributed by atoms with Gasteiger partial charge in [0.2, 0.25) is 0 Å². The van der Waals surface area contributed by atoms with Crippen molar-refractivity contribution in [2.45, 2.75) is 11.0 Å². The molecule has 2 amide bonds. The van der Waals surface area contributed by atoms with Crippen LogP contribution in [-0.2, 0) is 19.6 Å². The molecule has 37 heavy (non-hydrogen) atoms. The van der Waals surface area contributed by atoms with E-state index >= 15 is 0 Å². The molecule has 4 aromatic carbocycles. The number of amides is 2. The summed E-state index contributed by atoms with van der Waals surface area (Å²) in [5, 5.41) is 12.4. The fourth-order valence-electron chi connectivity index (χ4n) is 4.17. The first kappa shape index (κ1) is 24.3. The molecule has 1 aliphatic heterocycles. The number of hydrogen-bond donors (Lipinski definition) is 2. The number of carbonyl (C=O) groups excluding carboxylic acids is 2. The van der Waals surface area contributed by atoms with Crippen molar-refractivity contribution in [1.29, 1.82) is 0 Å². The zero-order valence-electron chi connectivity index (χ0n) is 18.9.